The first-order chi connectivity index (χ1) is 27.5. The van der Waals surface area contributed by atoms with Crippen molar-refractivity contribution in [3.05, 3.63) is 48.6 Å². The van der Waals surface area contributed by atoms with Gasteiger partial charge in [-0.05, 0) is 70.6 Å². The number of allylic oxidation sites excluding steroid dienone is 7. The van der Waals surface area contributed by atoms with Crippen molar-refractivity contribution in [2.45, 2.75) is 186 Å². The van der Waals surface area contributed by atoms with Gasteiger partial charge in [-0.1, -0.05) is 133 Å². The Morgan fingerprint density at radius 2 is 1.19 bits per heavy atom. The summed E-state index contributed by atoms with van der Waals surface area (Å²) in [6.07, 6.45) is 41.9. The molecule has 0 spiro atoms. The number of hydrogen-bond acceptors (Lipinski definition) is 8. The smallest absolute Gasteiger partial charge is 0.462 e. The van der Waals surface area contributed by atoms with E-state index in [2.05, 4.69) is 62.5 Å². The van der Waals surface area contributed by atoms with Crippen LogP contribution in [0.2, 0.25) is 0 Å². The van der Waals surface area contributed by atoms with E-state index in [0.717, 1.165) is 57.8 Å². The molecule has 330 valence electrons. The van der Waals surface area contributed by atoms with Gasteiger partial charge in [0.05, 0.1) is 40.0 Å². The van der Waals surface area contributed by atoms with Gasteiger partial charge in [0.15, 0.2) is 6.10 Å². The van der Waals surface area contributed by atoms with Crippen LogP contribution in [0, 0.1) is 0 Å². The number of nitrogens with zero attached hydrogens (tertiary/aromatic N) is 1. The molecule has 3 unspecified atom stereocenters. The Bertz CT molecular complexity index is 1180. The van der Waals surface area contributed by atoms with Crippen LogP contribution in [-0.4, -0.2) is 87.1 Å². The number of phosphoric ester groups is 1. The third kappa shape index (κ3) is 35.6. The maximum atomic E-state index is 12.7. The quantitative estimate of drug-likeness (QED) is 0.0161. The monoisotopic (exact) mass is 825 g/mol. The molecule has 0 aliphatic carbocycles. The highest BCUT2D eigenvalue weighted by Crippen LogP contribution is 2.43. The third-order valence-electron chi connectivity index (χ3n) is 9.76. The summed E-state index contributed by atoms with van der Waals surface area (Å²) in [5, 5.41) is 0. The molecule has 0 aromatic heterocycles. The number of epoxide rings is 1. The van der Waals surface area contributed by atoms with Crippen LogP contribution < -0.4 is 0 Å². The van der Waals surface area contributed by atoms with E-state index in [1.807, 2.05) is 21.1 Å². The van der Waals surface area contributed by atoms with Gasteiger partial charge in [-0.25, -0.2) is 4.57 Å². The lowest BCUT2D eigenvalue weighted by molar-refractivity contribution is -0.870. The lowest BCUT2D eigenvalue weighted by Crippen LogP contribution is -2.37. The van der Waals surface area contributed by atoms with Crippen LogP contribution in [0.4, 0.5) is 0 Å². The molecule has 1 aliphatic rings. The summed E-state index contributed by atoms with van der Waals surface area (Å²) in [6, 6.07) is 0. The molecule has 0 radical (unpaired) electrons. The normalized spacial score (nSPS) is 17.6. The summed E-state index contributed by atoms with van der Waals surface area (Å²) < 4.78 is 40.0. The van der Waals surface area contributed by atoms with Gasteiger partial charge < -0.3 is 23.6 Å². The lowest BCUT2D eigenvalue weighted by atomic mass is 10.1. The van der Waals surface area contributed by atoms with Gasteiger partial charge in [0.25, 0.3) is 0 Å². The summed E-state index contributed by atoms with van der Waals surface area (Å²) in [4.78, 5) is 35.4. The van der Waals surface area contributed by atoms with Crippen LogP contribution in [0.5, 0.6) is 0 Å². The highest BCUT2D eigenvalue weighted by Gasteiger charge is 2.36. The SMILES string of the molecule is CCCCCCCC/C=C\CCCCCCCC(=O)O[C@H](COC(=O)CCC/C=C\C/C=C\C/C=C\CC1OC1CCCCC)COP(=O)(O)OCC[N+](C)(C)C. The molecule has 10 nitrogen and oxygen atoms in total. The molecule has 1 saturated heterocycles. The second-order valence-corrected chi connectivity index (χ2v) is 17.9. The molecule has 0 bridgehead atoms. The zero-order valence-electron chi connectivity index (χ0n) is 36.8. The molecule has 0 aromatic carbocycles. The Kier molecular flexibility index (Phi) is 32.3. The third-order valence-corrected chi connectivity index (χ3v) is 10.7. The molecule has 1 fully saturated rings. The molecule has 11 heteroatoms. The van der Waals surface area contributed by atoms with Gasteiger partial charge in [0.1, 0.15) is 19.8 Å². The van der Waals surface area contributed by atoms with Crippen molar-refractivity contribution < 1.29 is 46.8 Å². The average molecular weight is 825 g/mol. The second-order valence-electron chi connectivity index (χ2n) is 16.5. The van der Waals surface area contributed by atoms with Crippen molar-refractivity contribution in [2.24, 2.45) is 0 Å². The first-order valence-corrected chi connectivity index (χ1v) is 24.0. The predicted octanol–water partition coefficient (Wildman–Crippen LogP) is 11.7. The van der Waals surface area contributed by atoms with E-state index in [4.69, 9.17) is 23.3 Å². The Morgan fingerprint density at radius 3 is 1.86 bits per heavy atom. The molecule has 1 heterocycles. The molecule has 0 aromatic rings. The number of ether oxygens (including phenoxy) is 3. The summed E-state index contributed by atoms with van der Waals surface area (Å²) in [7, 11) is 1.43. The van der Waals surface area contributed by atoms with E-state index in [1.165, 1.54) is 70.6 Å². The van der Waals surface area contributed by atoms with Gasteiger partial charge in [-0.15, -0.1) is 0 Å². The molecule has 0 saturated carbocycles. The fourth-order valence-corrected chi connectivity index (χ4v) is 6.84. The van der Waals surface area contributed by atoms with Crippen LogP contribution in [-0.2, 0) is 37.4 Å². The number of carbonyl (C=O) groups is 2. The van der Waals surface area contributed by atoms with Crippen LogP contribution in [0.3, 0.4) is 0 Å². The van der Waals surface area contributed by atoms with Gasteiger partial charge in [0, 0.05) is 12.8 Å². The molecule has 1 rings (SSSR count). The number of quaternary nitrogens is 1. The van der Waals surface area contributed by atoms with Crippen LogP contribution in [0.1, 0.15) is 168 Å². The Labute approximate surface area is 348 Å². The van der Waals surface area contributed by atoms with E-state index in [9.17, 15) is 19.0 Å². The number of likely N-dealkylation sites (N-methyl/N-ethyl adjacent to an activating group) is 1. The zero-order chi connectivity index (χ0) is 41.9. The number of esters is 2. The summed E-state index contributed by atoms with van der Waals surface area (Å²) in [6.45, 7) is 4.30. The molecule has 57 heavy (non-hydrogen) atoms. The summed E-state index contributed by atoms with van der Waals surface area (Å²) >= 11 is 0. The maximum absolute atomic E-state index is 12.7. The fraction of sp³-hybridized carbons (Fsp3) is 0.783. The molecule has 4 atom stereocenters. The van der Waals surface area contributed by atoms with E-state index >= 15 is 0 Å². The second kappa shape index (κ2) is 34.8. The van der Waals surface area contributed by atoms with Gasteiger partial charge in [0.2, 0.25) is 0 Å². The van der Waals surface area contributed by atoms with Gasteiger partial charge >= 0.3 is 19.8 Å². The minimum absolute atomic E-state index is 0.0183. The van der Waals surface area contributed by atoms with E-state index in [0.29, 0.717) is 36.1 Å². The number of hydrogen-bond donors (Lipinski definition) is 1. The van der Waals surface area contributed by atoms with Crippen LogP contribution in [0.25, 0.3) is 0 Å². The van der Waals surface area contributed by atoms with E-state index in [1.54, 1.807) is 0 Å². The van der Waals surface area contributed by atoms with E-state index in [-0.39, 0.29) is 26.1 Å². The Hall–Kier alpha value is -2.07. The van der Waals surface area contributed by atoms with Gasteiger partial charge in [-0.3, -0.25) is 18.6 Å². The topological polar surface area (TPSA) is 121 Å². The predicted molar refractivity (Wildman–Crippen MR) is 233 cm³/mol. The van der Waals surface area contributed by atoms with Crippen molar-refractivity contribution in [3.8, 4) is 0 Å². The Morgan fingerprint density at radius 1 is 0.649 bits per heavy atom. The first kappa shape index (κ1) is 52.9. The number of carbonyl (C=O) groups excluding carboxylic acids is 2. The molecular weight excluding hydrogens is 741 g/mol. The minimum Gasteiger partial charge on any atom is -0.462 e. The minimum atomic E-state index is -4.39. The highest BCUT2D eigenvalue weighted by atomic mass is 31.2. The molecule has 0 amide bonds. The zero-order valence-corrected chi connectivity index (χ0v) is 37.7. The van der Waals surface area contributed by atoms with Crippen molar-refractivity contribution in [1.29, 1.82) is 0 Å². The summed E-state index contributed by atoms with van der Waals surface area (Å²) in [5.41, 5.74) is 0. The fourth-order valence-electron chi connectivity index (χ4n) is 6.09. The Balaban J connectivity index is 2.32. The van der Waals surface area contributed by atoms with Crippen molar-refractivity contribution in [3.63, 3.8) is 0 Å². The van der Waals surface area contributed by atoms with Crippen LogP contribution >= 0.6 is 7.82 Å². The highest BCUT2D eigenvalue weighted by molar-refractivity contribution is 7.47. The molecule has 1 N–H and O–H groups in total. The number of phosphoric acid groups is 1. The number of unbranched alkanes of at least 4 members (excludes halogenated alkanes) is 14. The summed E-state index contributed by atoms with van der Waals surface area (Å²) in [5.74, 6) is -0.881. The average Bonchev–Trinajstić information content (AvgIpc) is 3.91. The number of rotatable bonds is 39. The van der Waals surface area contributed by atoms with Crippen molar-refractivity contribution in [2.75, 3.05) is 47.5 Å². The largest absolute Gasteiger partial charge is 0.472 e. The van der Waals surface area contributed by atoms with Crippen molar-refractivity contribution >= 4 is 19.8 Å². The maximum Gasteiger partial charge on any atom is 0.472 e. The first-order valence-electron chi connectivity index (χ1n) is 22.5. The van der Waals surface area contributed by atoms with E-state index < -0.39 is 32.5 Å². The van der Waals surface area contributed by atoms with Gasteiger partial charge in [-0.2, -0.15) is 0 Å². The standard InChI is InChI=1S/C46H82NO9P/c1-6-8-10-11-12-13-14-15-16-17-18-23-26-29-33-37-46(49)55-42(41-54-57(50,51)53-39-38-47(3,4)5)40-52-45(48)36-32-28-25-22-20-19-21-24-27-31-35-44-43(56-44)34-30-9-7-2/h15-16,19,21-22,25,27,31,42-44H,6-14,17-18,20,23-24,26,28-30,32-41H2,1-5H3/p+1/b16-15-,21-19-,25-22-,31-27-/t42-,43?,44?/m1/s1. The van der Waals surface area contributed by atoms with Crippen LogP contribution in [0.15, 0.2) is 48.6 Å². The lowest BCUT2D eigenvalue weighted by Gasteiger charge is -2.24. The molecular formula is C46H83NO9P+. The molecule has 1 aliphatic heterocycles. The van der Waals surface area contributed by atoms with Crippen molar-refractivity contribution in [1.82, 2.24) is 0 Å².